The lowest BCUT2D eigenvalue weighted by Crippen LogP contribution is -2.38. The van der Waals surface area contributed by atoms with Crippen LogP contribution in [0.25, 0.3) is 10.9 Å². The van der Waals surface area contributed by atoms with Crippen LogP contribution in [0.4, 0.5) is 0 Å². The maximum absolute atomic E-state index is 13.8. The third-order valence-corrected chi connectivity index (χ3v) is 9.34. The molecule has 0 saturated carbocycles. The first-order valence-corrected chi connectivity index (χ1v) is 15.1. The Labute approximate surface area is 249 Å². The Bertz CT molecular complexity index is 1720. The van der Waals surface area contributed by atoms with Gasteiger partial charge in [-0.25, -0.2) is 0 Å². The van der Waals surface area contributed by atoms with Gasteiger partial charge in [0, 0.05) is 81.5 Å². The minimum absolute atomic E-state index is 0.164. The van der Waals surface area contributed by atoms with Crippen molar-refractivity contribution in [3.05, 3.63) is 128 Å². The van der Waals surface area contributed by atoms with Crippen molar-refractivity contribution in [2.45, 2.75) is 57.5 Å². The summed E-state index contributed by atoms with van der Waals surface area (Å²) in [6.45, 7) is 1.23. The lowest BCUT2D eigenvalue weighted by Gasteiger charge is -2.44. The number of Topliss-reactive ketones (excluding diaryl/α,β-unsaturated/α-hetero) is 2. The van der Waals surface area contributed by atoms with Gasteiger partial charge in [-0.05, 0) is 60.6 Å². The van der Waals surface area contributed by atoms with Gasteiger partial charge in [0.15, 0.2) is 11.6 Å². The van der Waals surface area contributed by atoms with E-state index in [0.717, 1.165) is 70.3 Å². The van der Waals surface area contributed by atoms with Crippen molar-refractivity contribution in [2.24, 2.45) is 0 Å². The molecule has 0 saturated heterocycles. The molecular weight excluding hydrogens is 551 g/mol. The summed E-state index contributed by atoms with van der Waals surface area (Å²) in [5.74, 6) is -0.0342. The van der Waals surface area contributed by atoms with E-state index in [0.29, 0.717) is 36.0 Å². The van der Waals surface area contributed by atoms with Crippen LogP contribution in [0.15, 0.2) is 102 Å². The van der Waals surface area contributed by atoms with Crippen molar-refractivity contribution in [1.29, 1.82) is 0 Å². The summed E-state index contributed by atoms with van der Waals surface area (Å²) in [4.78, 5) is 30.0. The van der Waals surface area contributed by atoms with Crippen LogP contribution in [-0.4, -0.2) is 21.0 Å². The third kappa shape index (κ3) is 4.64. The Morgan fingerprint density at radius 1 is 0.732 bits per heavy atom. The molecular formula is C35H30Cl2N2O2. The number of nitrogens with zero attached hydrogens (tertiary/aromatic N) is 2. The van der Waals surface area contributed by atoms with Crippen LogP contribution in [0.2, 0.25) is 10.0 Å². The summed E-state index contributed by atoms with van der Waals surface area (Å²) in [7, 11) is 0. The number of benzene rings is 3. The largest absolute Gasteiger partial charge is 0.343 e. The number of para-hydroxylation sites is 1. The summed E-state index contributed by atoms with van der Waals surface area (Å²) < 4.78 is 2.19. The molecule has 0 atom stereocenters. The molecule has 4 nitrogen and oxygen atoms in total. The van der Waals surface area contributed by atoms with Crippen molar-refractivity contribution in [1.82, 2.24) is 9.47 Å². The molecule has 206 valence electrons. The lowest BCUT2D eigenvalue weighted by atomic mass is 9.71. The Kier molecular flexibility index (Phi) is 6.84. The summed E-state index contributed by atoms with van der Waals surface area (Å²) in [5.41, 5.74) is 8.04. The second-order valence-electron chi connectivity index (χ2n) is 11.2. The van der Waals surface area contributed by atoms with E-state index in [9.17, 15) is 9.59 Å². The number of hydrogen-bond donors (Lipinski definition) is 0. The highest BCUT2D eigenvalue weighted by molar-refractivity contribution is 6.35. The monoisotopic (exact) mass is 580 g/mol. The fourth-order valence-electron chi connectivity index (χ4n) is 6.95. The number of fused-ring (bicyclic) bond motifs is 1. The van der Waals surface area contributed by atoms with E-state index < -0.39 is 0 Å². The molecule has 7 rings (SSSR count). The number of hydrogen-bond acceptors (Lipinski definition) is 3. The number of rotatable bonds is 5. The van der Waals surface area contributed by atoms with E-state index >= 15 is 0 Å². The first-order valence-electron chi connectivity index (χ1n) is 14.3. The topological polar surface area (TPSA) is 42.3 Å². The number of carbonyl (C=O) groups is 2. The minimum Gasteiger partial charge on any atom is -0.343 e. The fraction of sp³-hybridized carbons (Fsp3) is 0.257. The lowest BCUT2D eigenvalue weighted by molar-refractivity contribution is -0.117. The van der Waals surface area contributed by atoms with Gasteiger partial charge in [0.2, 0.25) is 0 Å². The van der Waals surface area contributed by atoms with Crippen molar-refractivity contribution in [2.75, 3.05) is 0 Å². The molecule has 1 aromatic heterocycles. The fourth-order valence-corrected chi connectivity index (χ4v) is 7.42. The van der Waals surface area contributed by atoms with Gasteiger partial charge in [0.1, 0.15) is 0 Å². The number of allylic oxidation sites excluding steroid dienone is 4. The van der Waals surface area contributed by atoms with Gasteiger partial charge >= 0.3 is 0 Å². The normalized spacial score (nSPS) is 17.9. The molecule has 4 aromatic rings. The standard InChI is InChI=1S/C35H30Cl2N2O2/c36-24-17-16-23(27(37)18-24)20-38-21-26(25-10-4-5-11-28(25)38)33-34-29(12-6-14-31(34)40)39(19-22-8-2-1-3-9-22)30-13-7-15-32(41)35(30)33/h1-5,8-11,16-18,21,33H,6-7,12-15,19-20H2. The second-order valence-corrected chi connectivity index (χ2v) is 12.1. The second kappa shape index (κ2) is 10.7. The highest BCUT2D eigenvalue weighted by Crippen LogP contribution is 2.51. The highest BCUT2D eigenvalue weighted by Gasteiger charge is 2.44. The van der Waals surface area contributed by atoms with E-state index in [4.69, 9.17) is 23.2 Å². The number of ketones is 2. The summed E-state index contributed by atoms with van der Waals surface area (Å²) in [5, 5.41) is 2.28. The van der Waals surface area contributed by atoms with E-state index in [2.05, 4.69) is 39.9 Å². The van der Waals surface area contributed by atoms with Gasteiger partial charge in [0.05, 0.1) is 0 Å². The Morgan fingerprint density at radius 2 is 1.39 bits per heavy atom. The Morgan fingerprint density at radius 3 is 2.07 bits per heavy atom. The van der Waals surface area contributed by atoms with Gasteiger partial charge in [-0.3, -0.25) is 9.59 Å². The number of carbonyl (C=O) groups excluding carboxylic acids is 2. The minimum atomic E-state index is -0.362. The number of aromatic nitrogens is 1. The molecule has 0 N–H and O–H groups in total. The highest BCUT2D eigenvalue weighted by atomic mass is 35.5. The molecule has 0 amide bonds. The summed E-state index contributed by atoms with van der Waals surface area (Å²) in [6.07, 6.45) is 6.54. The zero-order chi connectivity index (χ0) is 28.1. The average Bonchev–Trinajstić information content (AvgIpc) is 3.34. The van der Waals surface area contributed by atoms with Crippen LogP contribution < -0.4 is 0 Å². The van der Waals surface area contributed by atoms with Crippen LogP contribution in [0.1, 0.15) is 61.1 Å². The smallest absolute Gasteiger partial charge is 0.161 e. The van der Waals surface area contributed by atoms with E-state index in [-0.39, 0.29) is 17.5 Å². The molecule has 6 heteroatoms. The molecule has 0 fully saturated rings. The van der Waals surface area contributed by atoms with Gasteiger partial charge < -0.3 is 9.47 Å². The first kappa shape index (κ1) is 26.3. The molecule has 0 bridgehead atoms. The van der Waals surface area contributed by atoms with Crippen LogP contribution in [0, 0.1) is 0 Å². The molecule has 1 aliphatic heterocycles. The maximum Gasteiger partial charge on any atom is 0.161 e. The molecule has 2 heterocycles. The molecule has 3 aliphatic rings. The van der Waals surface area contributed by atoms with Crippen LogP contribution in [-0.2, 0) is 22.7 Å². The zero-order valence-corrected chi connectivity index (χ0v) is 24.2. The zero-order valence-electron chi connectivity index (χ0n) is 22.7. The maximum atomic E-state index is 13.8. The SMILES string of the molecule is O=C1CCCC2=C1C(c1cn(Cc3ccc(Cl)cc3Cl)c3ccccc13)C1=C(CCCC1=O)N2Cc1ccccc1. The van der Waals surface area contributed by atoms with E-state index in [1.54, 1.807) is 6.07 Å². The van der Waals surface area contributed by atoms with Gasteiger partial charge in [-0.2, -0.15) is 0 Å². The predicted octanol–water partition coefficient (Wildman–Crippen LogP) is 8.61. The predicted molar refractivity (Wildman–Crippen MR) is 164 cm³/mol. The number of halogens is 2. The quantitative estimate of drug-likeness (QED) is 0.237. The third-order valence-electron chi connectivity index (χ3n) is 8.76. The molecule has 3 aromatic carbocycles. The van der Waals surface area contributed by atoms with Gasteiger partial charge in [-0.15, -0.1) is 0 Å². The van der Waals surface area contributed by atoms with E-state index in [1.165, 1.54) is 5.56 Å². The summed E-state index contributed by atoms with van der Waals surface area (Å²) in [6, 6.07) is 24.2. The van der Waals surface area contributed by atoms with Crippen molar-refractivity contribution in [3.8, 4) is 0 Å². The van der Waals surface area contributed by atoms with Crippen molar-refractivity contribution < 1.29 is 9.59 Å². The first-order chi connectivity index (χ1) is 20.0. The Hall–Kier alpha value is -3.60. The van der Waals surface area contributed by atoms with Crippen LogP contribution in [0.3, 0.4) is 0 Å². The van der Waals surface area contributed by atoms with Gasteiger partial charge in [0.25, 0.3) is 0 Å². The average molecular weight is 582 g/mol. The van der Waals surface area contributed by atoms with Gasteiger partial charge in [-0.1, -0.05) is 77.8 Å². The van der Waals surface area contributed by atoms with Crippen LogP contribution in [0.5, 0.6) is 0 Å². The molecule has 2 aliphatic carbocycles. The Balaban J connectivity index is 1.42. The molecule has 0 unspecified atom stereocenters. The molecule has 0 spiro atoms. The van der Waals surface area contributed by atoms with Crippen molar-refractivity contribution in [3.63, 3.8) is 0 Å². The van der Waals surface area contributed by atoms with Crippen LogP contribution >= 0.6 is 23.2 Å². The van der Waals surface area contributed by atoms with Crippen molar-refractivity contribution >= 4 is 45.7 Å². The summed E-state index contributed by atoms with van der Waals surface area (Å²) >= 11 is 12.8. The molecule has 0 radical (unpaired) electrons. The van der Waals surface area contributed by atoms with E-state index in [1.807, 2.05) is 42.5 Å². The molecule has 41 heavy (non-hydrogen) atoms.